The Morgan fingerprint density at radius 1 is 1.40 bits per heavy atom. The highest BCUT2D eigenvalue weighted by atomic mass is 35.5. The lowest BCUT2D eigenvalue weighted by molar-refractivity contribution is 0.357. The molecule has 0 radical (unpaired) electrons. The van der Waals surface area contributed by atoms with Crippen molar-refractivity contribution in [3.05, 3.63) is 28.3 Å². The molecule has 1 saturated carbocycles. The molecule has 0 saturated heterocycles. The summed E-state index contributed by atoms with van der Waals surface area (Å²) in [6.45, 7) is 0.756. The lowest BCUT2D eigenvalue weighted by Crippen LogP contribution is -2.24. The van der Waals surface area contributed by atoms with Crippen molar-refractivity contribution in [1.82, 2.24) is 0 Å². The largest absolute Gasteiger partial charge is 0.491 e. The van der Waals surface area contributed by atoms with Crippen molar-refractivity contribution in [2.75, 3.05) is 6.61 Å². The Morgan fingerprint density at radius 3 is 2.93 bits per heavy atom. The molecule has 15 heavy (non-hydrogen) atoms. The molecule has 0 aromatic heterocycles. The van der Waals surface area contributed by atoms with Gasteiger partial charge in [-0.2, -0.15) is 0 Å². The van der Waals surface area contributed by atoms with Gasteiger partial charge in [0.15, 0.2) is 0 Å². The molecule has 3 heteroatoms. The van der Waals surface area contributed by atoms with Gasteiger partial charge < -0.3 is 10.5 Å². The number of ether oxygens (including phenoxy) is 1. The maximum atomic E-state index is 6.16. The topological polar surface area (TPSA) is 35.2 Å². The Kier molecular flexibility index (Phi) is 1.98. The minimum atomic E-state index is 0.0526. The van der Waals surface area contributed by atoms with E-state index in [9.17, 15) is 0 Å². The van der Waals surface area contributed by atoms with Crippen LogP contribution in [0.15, 0.2) is 12.1 Å². The monoisotopic (exact) mass is 223 g/mol. The minimum Gasteiger partial charge on any atom is -0.491 e. The van der Waals surface area contributed by atoms with E-state index in [1.165, 1.54) is 11.1 Å². The summed E-state index contributed by atoms with van der Waals surface area (Å²) in [4.78, 5) is 0. The second kappa shape index (κ2) is 3.13. The predicted octanol–water partition coefficient (Wildman–Crippen LogP) is 2.31. The van der Waals surface area contributed by atoms with Crippen molar-refractivity contribution in [1.29, 1.82) is 0 Å². The van der Waals surface area contributed by atoms with Crippen molar-refractivity contribution in [2.45, 2.75) is 31.2 Å². The van der Waals surface area contributed by atoms with Crippen LogP contribution in [-0.4, -0.2) is 12.1 Å². The first-order chi connectivity index (χ1) is 7.16. The van der Waals surface area contributed by atoms with E-state index in [0.717, 1.165) is 43.1 Å². The fourth-order valence-corrected chi connectivity index (χ4v) is 2.49. The van der Waals surface area contributed by atoms with Gasteiger partial charge in [0.25, 0.3) is 0 Å². The van der Waals surface area contributed by atoms with Crippen LogP contribution in [0.5, 0.6) is 5.75 Å². The van der Waals surface area contributed by atoms with Gasteiger partial charge in [0.1, 0.15) is 5.75 Å². The van der Waals surface area contributed by atoms with Crippen LogP contribution in [-0.2, 0) is 12.8 Å². The molecule has 0 spiro atoms. The third kappa shape index (κ3) is 1.72. The zero-order chi connectivity index (χ0) is 10.5. The minimum absolute atomic E-state index is 0.0526. The number of nitrogens with two attached hydrogens (primary N) is 1. The molecule has 2 nitrogen and oxygen atoms in total. The second-order valence-electron chi connectivity index (χ2n) is 4.70. The molecule has 0 atom stereocenters. The van der Waals surface area contributed by atoms with E-state index < -0.39 is 0 Å². The van der Waals surface area contributed by atoms with Crippen molar-refractivity contribution in [3.8, 4) is 5.75 Å². The standard InChI is InChI=1S/C12H14ClNO/c13-10-6-8(7-12(14)2-3-12)5-9-1-4-15-11(9)10/h5-6H,1-4,7,14H2. The van der Waals surface area contributed by atoms with E-state index in [2.05, 4.69) is 6.07 Å². The maximum absolute atomic E-state index is 6.16. The molecule has 80 valence electrons. The summed E-state index contributed by atoms with van der Waals surface area (Å²) < 4.78 is 5.47. The lowest BCUT2D eigenvalue weighted by atomic mass is 10.0. The van der Waals surface area contributed by atoms with Crippen LogP contribution in [0.1, 0.15) is 24.0 Å². The Balaban J connectivity index is 1.93. The summed E-state index contributed by atoms with van der Waals surface area (Å²) >= 11 is 6.16. The zero-order valence-electron chi connectivity index (χ0n) is 8.55. The number of hydrogen-bond donors (Lipinski definition) is 1. The summed E-state index contributed by atoms with van der Waals surface area (Å²) in [5.41, 5.74) is 8.64. The van der Waals surface area contributed by atoms with E-state index >= 15 is 0 Å². The maximum Gasteiger partial charge on any atom is 0.141 e. The Bertz CT molecular complexity index is 412. The highest BCUT2D eigenvalue weighted by Crippen LogP contribution is 2.39. The number of halogens is 1. The SMILES string of the molecule is NC1(Cc2cc(Cl)c3c(c2)CCO3)CC1. The summed E-state index contributed by atoms with van der Waals surface area (Å²) in [5.74, 6) is 0.877. The third-order valence-corrected chi connectivity index (χ3v) is 3.53. The quantitative estimate of drug-likeness (QED) is 0.835. The molecule has 0 bridgehead atoms. The van der Waals surface area contributed by atoms with Crippen LogP contribution in [0, 0.1) is 0 Å². The fraction of sp³-hybridized carbons (Fsp3) is 0.500. The first-order valence-electron chi connectivity index (χ1n) is 5.39. The molecule has 1 heterocycles. The molecule has 1 aliphatic carbocycles. The average Bonchev–Trinajstić information content (AvgIpc) is 2.73. The summed E-state index contributed by atoms with van der Waals surface area (Å²) in [7, 11) is 0. The van der Waals surface area contributed by atoms with Gasteiger partial charge in [-0.25, -0.2) is 0 Å². The Hall–Kier alpha value is -0.730. The molecule has 2 N–H and O–H groups in total. The second-order valence-corrected chi connectivity index (χ2v) is 5.11. The molecule has 2 aliphatic rings. The van der Waals surface area contributed by atoms with Gasteiger partial charge in [-0.3, -0.25) is 0 Å². The van der Waals surface area contributed by atoms with Crippen LogP contribution in [0.4, 0.5) is 0 Å². The Morgan fingerprint density at radius 2 is 2.20 bits per heavy atom. The van der Waals surface area contributed by atoms with Gasteiger partial charge >= 0.3 is 0 Å². The highest BCUT2D eigenvalue weighted by molar-refractivity contribution is 6.32. The first-order valence-corrected chi connectivity index (χ1v) is 5.77. The van der Waals surface area contributed by atoms with Gasteiger partial charge in [0.05, 0.1) is 11.6 Å². The normalized spacial score (nSPS) is 20.9. The third-order valence-electron chi connectivity index (χ3n) is 3.25. The molecule has 1 fully saturated rings. The number of benzene rings is 1. The highest BCUT2D eigenvalue weighted by Gasteiger charge is 2.38. The van der Waals surface area contributed by atoms with Gasteiger partial charge in [0, 0.05) is 12.0 Å². The van der Waals surface area contributed by atoms with E-state index in [0.29, 0.717) is 0 Å². The molecule has 1 aliphatic heterocycles. The summed E-state index contributed by atoms with van der Waals surface area (Å²) in [5, 5.41) is 0.740. The number of rotatable bonds is 2. The predicted molar refractivity (Wildman–Crippen MR) is 60.5 cm³/mol. The molecule has 3 rings (SSSR count). The van der Waals surface area contributed by atoms with Crippen LogP contribution in [0.25, 0.3) is 0 Å². The van der Waals surface area contributed by atoms with Crippen LogP contribution < -0.4 is 10.5 Å². The van der Waals surface area contributed by atoms with Crippen molar-refractivity contribution in [2.24, 2.45) is 5.73 Å². The summed E-state index contributed by atoms with van der Waals surface area (Å²) in [6, 6.07) is 4.19. The molecular weight excluding hydrogens is 210 g/mol. The van der Waals surface area contributed by atoms with Crippen molar-refractivity contribution >= 4 is 11.6 Å². The van der Waals surface area contributed by atoms with E-state index in [-0.39, 0.29) is 5.54 Å². The molecular formula is C12H14ClNO. The number of hydrogen-bond acceptors (Lipinski definition) is 2. The zero-order valence-corrected chi connectivity index (χ0v) is 9.31. The van der Waals surface area contributed by atoms with E-state index in [4.69, 9.17) is 22.1 Å². The molecule has 0 amide bonds. The van der Waals surface area contributed by atoms with Crippen molar-refractivity contribution in [3.63, 3.8) is 0 Å². The average molecular weight is 224 g/mol. The van der Waals surface area contributed by atoms with E-state index in [1.807, 2.05) is 6.07 Å². The van der Waals surface area contributed by atoms with Gasteiger partial charge in [-0.15, -0.1) is 0 Å². The van der Waals surface area contributed by atoms with Gasteiger partial charge in [-0.05, 0) is 36.5 Å². The van der Waals surface area contributed by atoms with Crippen LogP contribution in [0.3, 0.4) is 0 Å². The smallest absolute Gasteiger partial charge is 0.141 e. The lowest BCUT2D eigenvalue weighted by Gasteiger charge is -2.10. The van der Waals surface area contributed by atoms with Crippen LogP contribution in [0.2, 0.25) is 5.02 Å². The van der Waals surface area contributed by atoms with Gasteiger partial charge in [0.2, 0.25) is 0 Å². The molecule has 1 aromatic rings. The first kappa shape index (κ1) is 9.49. The molecule has 1 aromatic carbocycles. The summed E-state index contributed by atoms with van der Waals surface area (Å²) in [6.07, 6.45) is 4.19. The molecule has 0 unspecified atom stereocenters. The van der Waals surface area contributed by atoms with Gasteiger partial charge in [-0.1, -0.05) is 17.7 Å². The number of fused-ring (bicyclic) bond motifs is 1. The Labute approximate surface area is 94.4 Å². The van der Waals surface area contributed by atoms with Crippen LogP contribution >= 0.6 is 11.6 Å². The van der Waals surface area contributed by atoms with E-state index in [1.54, 1.807) is 0 Å². The fourth-order valence-electron chi connectivity index (χ4n) is 2.17. The van der Waals surface area contributed by atoms with Crippen molar-refractivity contribution < 1.29 is 4.74 Å².